The number of amides is 1. The highest BCUT2D eigenvalue weighted by Gasteiger charge is 2.41. The minimum Gasteiger partial charge on any atom is -0.479 e. The van der Waals surface area contributed by atoms with Crippen molar-refractivity contribution in [2.75, 3.05) is 6.54 Å². The molecule has 5 nitrogen and oxygen atoms in total. The van der Waals surface area contributed by atoms with Gasteiger partial charge in [0.05, 0.1) is 0 Å². The molecule has 1 N–H and O–H groups in total. The predicted molar refractivity (Wildman–Crippen MR) is 91.8 cm³/mol. The predicted octanol–water partition coefficient (Wildman–Crippen LogP) is 4.84. The van der Waals surface area contributed by atoms with Gasteiger partial charge in [-0.15, -0.1) is 11.3 Å². The first-order valence-electron chi connectivity index (χ1n) is 7.18. The molecule has 0 spiro atoms. The second-order valence-electron chi connectivity index (χ2n) is 5.19. The van der Waals surface area contributed by atoms with Crippen molar-refractivity contribution in [2.24, 2.45) is 0 Å². The molecule has 0 aliphatic rings. The molecule has 1 unspecified atom stereocenters. The van der Waals surface area contributed by atoms with Crippen LogP contribution >= 0.6 is 27.3 Å². The van der Waals surface area contributed by atoms with Crippen molar-refractivity contribution in [2.45, 2.75) is 18.8 Å². The van der Waals surface area contributed by atoms with Crippen molar-refractivity contribution in [3.63, 3.8) is 0 Å². The number of hydrogen-bond donors (Lipinski definition) is 1. The topological polar surface area (TPSA) is 66.8 Å². The summed E-state index contributed by atoms with van der Waals surface area (Å²) >= 11 is 4.05. The molecule has 2 rings (SSSR count). The summed E-state index contributed by atoms with van der Waals surface area (Å²) in [5.41, 5.74) is 0.568. The Balaban J connectivity index is 2.25. The van der Waals surface area contributed by atoms with Crippen LogP contribution in [-0.2, 0) is 16.1 Å². The molecule has 1 aromatic heterocycles. The molecule has 1 heterocycles. The Bertz CT molecular complexity index is 766. The lowest BCUT2D eigenvalue weighted by molar-refractivity contribution is -0.158. The van der Waals surface area contributed by atoms with Gasteiger partial charge in [-0.3, -0.25) is 4.90 Å². The van der Waals surface area contributed by atoms with E-state index in [2.05, 4.69) is 15.9 Å². The first kappa shape index (κ1) is 20.2. The van der Waals surface area contributed by atoms with E-state index in [4.69, 9.17) is 4.74 Å². The molecule has 0 fully saturated rings. The van der Waals surface area contributed by atoms with E-state index in [1.807, 2.05) is 0 Å². The number of thiophene rings is 1. The number of halogens is 4. The fourth-order valence-corrected chi connectivity index (χ4v) is 3.68. The minimum atomic E-state index is -4.78. The number of rotatable bonds is 6. The van der Waals surface area contributed by atoms with Gasteiger partial charge in [0.1, 0.15) is 13.2 Å². The maximum Gasteiger partial charge on any atom is 0.411 e. The van der Waals surface area contributed by atoms with Gasteiger partial charge < -0.3 is 9.84 Å². The highest BCUT2D eigenvalue weighted by Crippen LogP contribution is 2.32. The average molecular weight is 452 g/mol. The third kappa shape index (κ3) is 5.73. The highest BCUT2D eigenvalue weighted by molar-refractivity contribution is 9.10. The van der Waals surface area contributed by atoms with E-state index in [0.717, 1.165) is 11.3 Å². The normalized spacial score (nSPS) is 12.5. The molecule has 0 saturated heterocycles. The van der Waals surface area contributed by atoms with E-state index in [1.165, 1.54) is 11.4 Å². The van der Waals surface area contributed by atoms with Crippen LogP contribution < -0.4 is 0 Å². The number of carboxylic acids is 1. The maximum atomic E-state index is 12.9. The van der Waals surface area contributed by atoms with Crippen LogP contribution in [0.15, 0.2) is 46.3 Å². The van der Waals surface area contributed by atoms with Gasteiger partial charge in [0.2, 0.25) is 0 Å². The van der Waals surface area contributed by atoms with Crippen molar-refractivity contribution >= 4 is 39.3 Å². The quantitative estimate of drug-likeness (QED) is 0.682. The maximum absolute atomic E-state index is 12.9. The zero-order valence-electron chi connectivity index (χ0n) is 13.1. The molecular formula is C16H13BrF3NO4S. The van der Waals surface area contributed by atoms with E-state index in [-0.39, 0.29) is 16.4 Å². The van der Waals surface area contributed by atoms with Gasteiger partial charge >= 0.3 is 18.2 Å². The summed E-state index contributed by atoms with van der Waals surface area (Å²) in [6.07, 6.45) is -6.14. The zero-order chi connectivity index (χ0) is 19.3. The van der Waals surface area contributed by atoms with Crippen molar-refractivity contribution in [3.8, 4) is 0 Å². The number of aliphatic carboxylic acids is 1. The fraction of sp³-hybridized carbons (Fsp3) is 0.250. The Morgan fingerprint density at radius 2 is 1.92 bits per heavy atom. The molecule has 26 heavy (non-hydrogen) atoms. The van der Waals surface area contributed by atoms with Crippen molar-refractivity contribution in [1.29, 1.82) is 0 Å². The Morgan fingerprint density at radius 3 is 2.42 bits per heavy atom. The summed E-state index contributed by atoms with van der Waals surface area (Å²) in [7, 11) is 0. The first-order valence-corrected chi connectivity index (χ1v) is 8.85. The number of ether oxygens (including phenoxy) is 1. The van der Waals surface area contributed by atoms with Crippen LogP contribution in [0, 0.1) is 0 Å². The Hall–Kier alpha value is -2.07. The van der Waals surface area contributed by atoms with Crippen LogP contribution in [0.5, 0.6) is 0 Å². The molecule has 0 aliphatic heterocycles. The van der Waals surface area contributed by atoms with Crippen LogP contribution in [0.25, 0.3) is 0 Å². The second kappa shape index (κ2) is 8.54. The molecule has 1 atom stereocenters. The van der Waals surface area contributed by atoms with E-state index >= 15 is 0 Å². The van der Waals surface area contributed by atoms with Crippen molar-refractivity contribution < 1.29 is 32.6 Å². The molecule has 0 saturated carbocycles. The molecule has 0 aliphatic carbocycles. The Kier molecular flexibility index (Phi) is 6.65. The van der Waals surface area contributed by atoms with Gasteiger partial charge in [0, 0.05) is 14.7 Å². The summed E-state index contributed by atoms with van der Waals surface area (Å²) in [6.45, 7) is -2.01. The van der Waals surface area contributed by atoms with Gasteiger partial charge in [-0.2, -0.15) is 13.2 Å². The number of alkyl halides is 3. The molecular weight excluding hydrogens is 439 g/mol. The largest absolute Gasteiger partial charge is 0.479 e. The number of carboxylic acid groups (broad SMARTS) is 1. The number of carbonyl (C=O) groups excluding carboxylic acids is 1. The standard InChI is InChI=1S/C16H13BrF3NO4S/c17-11-6-12(26-8-11)13(14(22)23)21(9-16(18,19)20)15(24)25-7-10-4-2-1-3-5-10/h1-6,8,13H,7,9H2,(H,22,23). The lowest BCUT2D eigenvalue weighted by Gasteiger charge is -2.28. The summed E-state index contributed by atoms with van der Waals surface area (Å²) < 4.78 is 44.2. The SMILES string of the molecule is O=C(O)C(c1cc(Br)cs1)N(CC(F)(F)F)C(=O)OCc1ccccc1. The van der Waals surface area contributed by atoms with Gasteiger partial charge in [-0.25, -0.2) is 9.59 Å². The van der Waals surface area contributed by atoms with Crippen LogP contribution in [0.2, 0.25) is 0 Å². The molecule has 1 aromatic carbocycles. The Labute approximate surface area is 159 Å². The van der Waals surface area contributed by atoms with Crippen LogP contribution in [0.4, 0.5) is 18.0 Å². The summed E-state index contributed by atoms with van der Waals surface area (Å²) in [6, 6.07) is 7.91. The smallest absolute Gasteiger partial charge is 0.411 e. The lowest BCUT2D eigenvalue weighted by atomic mass is 10.2. The van der Waals surface area contributed by atoms with Gasteiger partial charge in [0.15, 0.2) is 6.04 Å². The van der Waals surface area contributed by atoms with E-state index in [0.29, 0.717) is 10.0 Å². The number of carbonyl (C=O) groups is 2. The average Bonchev–Trinajstić information content (AvgIpc) is 2.97. The van der Waals surface area contributed by atoms with E-state index < -0.39 is 30.8 Å². The molecule has 10 heteroatoms. The minimum absolute atomic E-state index is 0.0743. The third-order valence-corrected chi connectivity index (χ3v) is 4.94. The summed E-state index contributed by atoms with van der Waals surface area (Å²) in [4.78, 5) is 24.1. The van der Waals surface area contributed by atoms with Gasteiger partial charge in [-0.05, 0) is 27.6 Å². The van der Waals surface area contributed by atoms with Crippen molar-refractivity contribution in [3.05, 3.63) is 56.7 Å². The second-order valence-corrected chi connectivity index (χ2v) is 7.05. The van der Waals surface area contributed by atoms with Crippen LogP contribution in [0.3, 0.4) is 0 Å². The third-order valence-electron chi connectivity index (χ3n) is 3.19. The number of benzene rings is 1. The molecule has 0 radical (unpaired) electrons. The molecule has 2 aromatic rings. The lowest BCUT2D eigenvalue weighted by Crippen LogP contribution is -2.44. The van der Waals surface area contributed by atoms with Crippen LogP contribution in [-0.4, -0.2) is 34.8 Å². The monoisotopic (exact) mass is 451 g/mol. The highest BCUT2D eigenvalue weighted by atomic mass is 79.9. The molecule has 0 bridgehead atoms. The zero-order valence-corrected chi connectivity index (χ0v) is 15.5. The summed E-state index contributed by atoms with van der Waals surface area (Å²) in [5.74, 6) is -1.58. The van der Waals surface area contributed by atoms with Crippen LogP contribution in [0.1, 0.15) is 16.5 Å². The van der Waals surface area contributed by atoms with Crippen molar-refractivity contribution in [1.82, 2.24) is 4.90 Å². The van der Waals surface area contributed by atoms with E-state index in [1.54, 1.807) is 30.3 Å². The molecule has 1 amide bonds. The number of hydrogen-bond acceptors (Lipinski definition) is 4. The first-order chi connectivity index (χ1) is 12.2. The van der Waals surface area contributed by atoms with E-state index in [9.17, 15) is 27.9 Å². The fourth-order valence-electron chi connectivity index (χ4n) is 2.14. The van der Waals surface area contributed by atoms with Gasteiger partial charge in [0.25, 0.3) is 0 Å². The van der Waals surface area contributed by atoms with Gasteiger partial charge in [-0.1, -0.05) is 30.3 Å². The molecule has 140 valence electrons. The number of nitrogens with zero attached hydrogens (tertiary/aromatic N) is 1. The summed E-state index contributed by atoms with van der Waals surface area (Å²) in [5, 5.41) is 10.9. The Morgan fingerprint density at radius 1 is 1.27 bits per heavy atom.